The quantitative estimate of drug-likeness (QED) is 0.743. The summed E-state index contributed by atoms with van der Waals surface area (Å²) in [6.45, 7) is 1.78. The van der Waals surface area contributed by atoms with Crippen molar-refractivity contribution >= 4 is 34.8 Å². The maximum absolute atomic E-state index is 13.3. The molecule has 0 heterocycles. The van der Waals surface area contributed by atoms with Crippen molar-refractivity contribution in [3.05, 3.63) is 52.6 Å². The normalized spacial score (nSPS) is 14.4. The fourth-order valence-corrected chi connectivity index (χ4v) is 2.83. The lowest BCUT2D eigenvalue weighted by atomic mass is 10.0. The number of benzene rings is 2. The van der Waals surface area contributed by atoms with Crippen LogP contribution in [-0.2, 0) is 9.59 Å². The van der Waals surface area contributed by atoms with E-state index in [9.17, 15) is 18.4 Å². The van der Waals surface area contributed by atoms with Crippen molar-refractivity contribution in [1.29, 1.82) is 0 Å². The van der Waals surface area contributed by atoms with Crippen LogP contribution in [0.5, 0.6) is 5.75 Å². The van der Waals surface area contributed by atoms with E-state index in [4.69, 9.17) is 16.3 Å². The van der Waals surface area contributed by atoms with Gasteiger partial charge in [-0.05, 0) is 43.5 Å². The molecule has 1 aliphatic rings. The highest BCUT2D eigenvalue weighted by Gasteiger charge is 2.56. The topological polar surface area (TPSA) is 67.4 Å². The monoisotopic (exact) mass is 394 g/mol. The number of aryl methyl sites for hydroxylation is 1. The average Bonchev–Trinajstić information content (AvgIpc) is 3.43. The van der Waals surface area contributed by atoms with Crippen LogP contribution < -0.4 is 15.4 Å². The second kappa shape index (κ2) is 7.15. The summed E-state index contributed by atoms with van der Waals surface area (Å²) < 4.78 is 31.5. The molecule has 0 bridgehead atoms. The molecule has 1 saturated carbocycles. The smallest absolute Gasteiger partial charge is 0.240 e. The lowest BCUT2D eigenvalue weighted by molar-refractivity contribution is -0.131. The van der Waals surface area contributed by atoms with Gasteiger partial charge >= 0.3 is 0 Å². The third kappa shape index (κ3) is 3.73. The Morgan fingerprint density at radius 3 is 2.33 bits per heavy atom. The van der Waals surface area contributed by atoms with E-state index in [0.29, 0.717) is 29.3 Å². The molecule has 2 N–H and O–H groups in total. The van der Waals surface area contributed by atoms with Crippen LogP contribution in [-0.4, -0.2) is 18.9 Å². The van der Waals surface area contributed by atoms with Crippen molar-refractivity contribution in [3.8, 4) is 5.75 Å². The van der Waals surface area contributed by atoms with Gasteiger partial charge in [-0.15, -0.1) is 0 Å². The number of hydrogen-bond donors (Lipinski definition) is 2. The van der Waals surface area contributed by atoms with Gasteiger partial charge in [0, 0.05) is 22.8 Å². The molecular weight excluding hydrogens is 378 g/mol. The fraction of sp³-hybridized carbons (Fsp3) is 0.263. The van der Waals surface area contributed by atoms with Crippen molar-refractivity contribution in [2.75, 3.05) is 17.7 Å². The highest BCUT2D eigenvalue weighted by atomic mass is 35.5. The number of anilines is 2. The number of nitrogens with one attached hydrogen (secondary N) is 2. The molecule has 2 aromatic rings. The predicted octanol–water partition coefficient (Wildman–Crippen LogP) is 4.29. The maximum Gasteiger partial charge on any atom is 0.240 e. The largest absolute Gasteiger partial charge is 0.495 e. The van der Waals surface area contributed by atoms with Crippen molar-refractivity contribution < 1.29 is 23.1 Å². The van der Waals surface area contributed by atoms with E-state index in [2.05, 4.69) is 10.6 Å². The average molecular weight is 395 g/mol. The third-order valence-corrected chi connectivity index (χ3v) is 4.93. The van der Waals surface area contributed by atoms with Crippen LogP contribution in [0.2, 0.25) is 5.02 Å². The van der Waals surface area contributed by atoms with E-state index >= 15 is 0 Å². The van der Waals surface area contributed by atoms with Crippen LogP contribution in [0.4, 0.5) is 20.2 Å². The van der Waals surface area contributed by atoms with Gasteiger partial charge in [0.2, 0.25) is 11.8 Å². The molecule has 0 aromatic heterocycles. The number of ether oxygens (including phenoxy) is 1. The van der Waals surface area contributed by atoms with E-state index in [1.807, 2.05) is 0 Å². The van der Waals surface area contributed by atoms with Crippen molar-refractivity contribution in [3.63, 3.8) is 0 Å². The second-order valence-electron chi connectivity index (χ2n) is 6.42. The van der Waals surface area contributed by atoms with Crippen LogP contribution in [0.15, 0.2) is 30.3 Å². The fourth-order valence-electron chi connectivity index (χ4n) is 2.68. The molecule has 2 aromatic carbocycles. The van der Waals surface area contributed by atoms with Crippen LogP contribution in [0, 0.1) is 24.0 Å². The molecule has 0 aliphatic heterocycles. The number of hydrogen-bond acceptors (Lipinski definition) is 3. The Kier molecular flexibility index (Phi) is 5.06. The zero-order valence-electron chi connectivity index (χ0n) is 14.7. The van der Waals surface area contributed by atoms with Gasteiger partial charge in [-0.2, -0.15) is 0 Å². The molecule has 5 nitrogen and oxygen atoms in total. The lowest BCUT2D eigenvalue weighted by Crippen LogP contribution is -2.35. The van der Waals surface area contributed by atoms with Gasteiger partial charge in [-0.1, -0.05) is 11.6 Å². The Labute approximate surface area is 159 Å². The number of carbonyl (C=O) groups excluding carboxylic acids is 2. The predicted molar refractivity (Wildman–Crippen MR) is 98.0 cm³/mol. The van der Waals surface area contributed by atoms with Gasteiger partial charge in [0.15, 0.2) is 11.6 Å². The van der Waals surface area contributed by atoms with Gasteiger partial charge in [-0.25, -0.2) is 8.78 Å². The highest BCUT2D eigenvalue weighted by Crippen LogP contribution is 2.48. The number of methoxy groups -OCH3 is 1. The Morgan fingerprint density at radius 2 is 1.74 bits per heavy atom. The molecule has 3 rings (SSSR count). The van der Waals surface area contributed by atoms with Gasteiger partial charge in [0.25, 0.3) is 0 Å². The Hall–Kier alpha value is -2.67. The molecule has 142 valence electrons. The summed E-state index contributed by atoms with van der Waals surface area (Å²) in [6.07, 6.45) is 0.701. The number of halogens is 3. The summed E-state index contributed by atoms with van der Waals surface area (Å²) in [5.41, 5.74) is -0.0401. The summed E-state index contributed by atoms with van der Waals surface area (Å²) in [5.74, 6) is -2.80. The molecule has 1 aliphatic carbocycles. The van der Waals surface area contributed by atoms with E-state index in [1.165, 1.54) is 13.2 Å². The number of rotatable bonds is 5. The van der Waals surface area contributed by atoms with Gasteiger partial charge in [0.1, 0.15) is 11.2 Å². The van der Waals surface area contributed by atoms with E-state index < -0.39 is 28.9 Å². The van der Waals surface area contributed by atoms with Gasteiger partial charge in [-0.3, -0.25) is 9.59 Å². The Balaban J connectivity index is 1.77. The first-order valence-electron chi connectivity index (χ1n) is 8.19. The molecule has 0 spiro atoms. The van der Waals surface area contributed by atoms with Crippen LogP contribution >= 0.6 is 11.6 Å². The molecule has 0 unspecified atom stereocenters. The minimum atomic E-state index is -1.26. The first-order valence-corrected chi connectivity index (χ1v) is 8.57. The van der Waals surface area contributed by atoms with Gasteiger partial charge in [0.05, 0.1) is 12.8 Å². The van der Waals surface area contributed by atoms with Crippen LogP contribution in [0.25, 0.3) is 0 Å². The van der Waals surface area contributed by atoms with Crippen molar-refractivity contribution in [2.45, 2.75) is 19.8 Å². The second-order valence-corrected chi connectivity index (χ2v) is 6.83. The zero-order chi connectivity index (χ0) is 19.8. The minimum absolute atomic E-state index is 0.0814. The molecule has 8 heteroatoms. The molecular formula is C19H17ClF2N2O3. The summed E-state index contributed by atoms with van der Waals surface area (Å²) in [4.78, 5) is 25.3. The summed E-state index contributed by atoms with van der Waals surface area (Å²) in [6, 6.07) is 6.24. The van der Waals surface area contributed by atoms with E-state index in [-0.39, 0.29) is 5.69 Å². The highest BCUT2D eigenvalue weighted by molar-refractivity contribution is 6.31. The maximum atomic E-state index is 13.3. The Bertz CT molecular complexity index is 929. The first-order chi connectivity index (χ1) is 12.8. The summed E-state index contributed by atoms with van der Waals surface area (Å²) >= 11 is 6.05. The molecule has 2 amide bonds. The van der Waals surface area contributed by atoms with Crippen LogP contribution in [0.3, 0.4) is 0 Å². The standard InChI is InChI=1S/C19H17ClF2N2O3/c1-10-7-15(16(27-2)9-12(10)20)24-18(26)19(5-6-19)17(25)23-11-3-4-13(21)14(22)8-11/h3-4,7-9H,5-6H2,1-2H3,(H,23,25)(H,24,26). The van der Waals surface area contributed by atoms with E-state index in [1.54, 1.807) is 19.1 Å². The zero-order valence-corrected chi connectivity index (χ0v) is 15.4. The van der Waals surface area contributed by atoms with Crippen LogP contribution in [0.1, 0.15) is 18.4 Å². The molecule has 1 fully saturated rings. The number of carbonyl (C=O) groups is 2. The van der Waals surface area contributed by atoms with Crippen molar-refractivity contribution in [1.82, 2.24) is 0 Å². The van der Waals surface area contributed by atoms with E-state index in [0.717, 1.165) is 17.7 Å². The molecule has 0 atom stereocenters. The molecule has 0 radical (unpaired) electrons. The van der Waals surface area contributed by atoms with Gasteiger partial charge < -0.3 is 15.4 Å². The SMILES string of the molecule is COc1cc(Cl)c(C)cc1NC(=O)C1(C(=O)Nc2ccc(F)c(F)c2)CC1. The Morgan fingerprint density at radius 1 is 1.07 bits per heavy atom. The molecule has 27 heavy (non-hydrogen) atoms. The summed E-state index contributed by atoms with van der Waals surface area (Å²) in [7, 11) is 1.44. The van der Waals surface area contributed by atoms with Crippen molar-refractivity contribution in [2.24, 2.45) is 5.41 Å². The lowest BCUT2D eigenvalue weighted by Gasteiger charge is -2.17. The summed E-state index contributed by atoms with van der Waals surface area (Å²) in [5, 5.41) is 5.66. The number of amides is 2. The third-order valence-electron chi connectivity index (χ3n) is 4.53. The minimum Gasteiger partial charge on any atom is -0.495 e. The molecule has 0 saturated heterocycles. The first kappa shape index (κ1) is 19.1.